The molecule has 0 aromatic carbocycles. The molecule has 1 heterocycles. The van der Waals surface area contributed by atoms with Gasteiger partial charge in [0.1, 0.15) is 12.1 Å². The molecule has 6 nitrogen and oxygen atoms in total. The maximum Gasteiger partial charge on any atom is 0.212 e. The molecular formula is C20H37IN2O4Si. The predicted octanol–water partition coefficient (Wildman–Crippen LogP) is 4.57. The van der Waals surface area contributed by atoms with Crippen LogP contribution in [-0.2, 0) is 13.9 Å². The van der Waals surface area contributed by atoms with E-state index in [1.165, 1.54) is 0 Å². The Morgan fingerprint density at radius 2 is 1.61 bits per heavy atom. The van der Waals surface area contributed by atoms with Crippen LogP contribution in [0, 0.1) is 5.92 Å². The van der Waals surface area contributed by atoms with Gasteiger partial charge in [0, 0.05) is 0 Å². The first kappa shape index (κ1) is 25.6. The Balaban J connectivity index is 3.24. The first-order chi connectivity index (χ1) is 12.9. The van der Waals surface area contributed by atoms with E-state index in [0.717, 1.165) is 0 Å². The van der Waals surface area contributed by atoms with Crippen LogP contribution in [0.2, 0.25) is 18.1 Å². The van der Waals surface area contributed by atoms with Crippen molar-refractivity contribution in [1.82, 2.24) is 0 Å². The fourth-order valence-electron chi connectivity index (χ4n) is 2.74. The zero-order valence-electron chi connectivity index (χ0n) is 18.7. The summed E-state index contributed by atoms with van der Waals surface area (Å²) < 4.78 is 19.5. The summed E-state index contributed by atoms with van der Waals surface area (Å²) in [5, 5.41) is 11.3. The Hall–Kier alpha value is -0.453. The molecule has 0 bridgehead atoms. The molecule has 162 valence electrons. The molecule has 1 unspecified atom stereocenters. The van der Waals surface area contributed by atoms with Crippen LogP contribution in [0.3, 0.4) is 0 Å². The number of hydrogen-bond acceptors (Lipinski definition) is 6. The van der Waals surface area contributed by atoms with E-state index in [1.54, 1.807) is 14.2 Å². The average Bonchev–Trinajstić information content (AvgIpc) is 2.62. The fraction of sp³-hybridized carbons (Fsp3) is 0.800. The number of ether oxygens (including phenoxy) is 2. The number of hydrogen-bond donors (Lipinski definition) is 1. The summed E-state index contributed by atoms with van der Waals surface area (Å²) in [7, 11) is 1.07. The largest absolute Gasteiger partial charge is 0.483 e. The Morgan fingerprint density at radius 3 is 2.04 bits per heavy atom. The summed E-state index contributed by atoms with van der Waals surface area (Å²) >= 11 is 2.18. The second-order valence-electron chi connectivity index (χ2n) is 8.98. The van der Waals surface area contributed by atoms with Gasteiger partial charge in [0.25, 0.3) is 0 Å². The van der Waals surface area contributed by atoms with Gasteiger partial charge in [-0.1, -0.05) is 63.3 Å². The Labute approximate surface area is 185 Å². The van der Waals surface area contributed by atoms with Crippen molar-refractivity contribution in [3.05, 3.63) is 10.2 Å². The highest BCUT2D eigenvalue weighted by molar-refractivity contribution is 14.1. The standard InChI is InChI=1S/C20H37IN2O4Si/c1-13(2)15-18(25-6)23-16(19(22-15)26-7)17(24)14(11-10-12-21)27-28(8,9)20(3,4)5/h10,12-17,24H,11H2,1-9H3/b12-10+/t14-,15-,16+,17?/m1/s1. The smallest absolute Gasteiger partial charge is 0.212 e. The highest BCUT2D eigenvalue weighted by Gasteiger charge is 2.44. The van der Waals surface area contributed by atoms with Crippen molar-refractivity contribution < 1.29 is 19.0 Å². The van der Waals surface area contributed by atoms with Gasteiger partial charge in [0.2, 0.25) is 11.8 Å². The number of nitrogens with zero attached hydrogens (tertiary/aromatic N) is 2. The van der Waals surface area contributed by atoms with Gasteiger partial charge >= 0.3 is 0 Å². The van der Waals surface area contributed by atoms with E-state index in [1.807, 2.05) is 10.2 Å². The van der Waals surface area contributed by atoms with E-state index in [2.05, 4.69) is 80.3 Å². The molecule has 0 saturated heterocycles. The third-order valence-electron chi connectivity index (χ3n) is 5.50. The molecule has 0 aliphatic carbocycles. The van der Waals surface area contributed by atoms with Gasteiger partial charge in [0.15, 0.2) is 14.4 Å². The van der Waals surface area contributed by atoms with Gasteiger partial charge in [-0.25, -0.2) is 9.98 Å². The first-order valence-corrected chi connectivity index (χ1v) is 13.9. The monoisotopic (exact) mass is 524 g/mol. The predicted molar refractivity (Wildman–Crippen MR) is 127 cm³/mol. The lowest BCUT2D eigenvalue weighted by Gasteiger charge is -2.41. The van der Waals surface area contributed by atoms with Gasteiger partial charge in [-0.3, -0.25) is 0 Å². The lowest BCUT2D eigenvalue weighted by atomic mass is 9.99. The van der Waals surface area contributed by atoms with Crippen LogP contribution in [0.1, 0.15) is 41.0 Å². The molecular weight excluding hydrogens is 487 g/mol. The van der Waals surface area contributed by atoms with E-state index in [4.69, 9.17) is 13.9 Å². The van der Waals surface area contributed by atoms with Crippen LogP contribution in [0.25, 0.3) is 0 Å². The highest BCUT2D eigenvalue weighted by Crippen LogP contribution is 2.38. The molecule has 1 rings (SSSR count). The van der Waals surface area contributed by atoms with Crippen LogP contribution in [0.4, 0.5) is 0 Å². The SMILES string of the molecule is COC1=N[C@H](C(C)C)C(OC)=N[C@H]1C(O)[C@@H](C/C=C/I)O[Si](C)(C)C(C)(C)C. The van der Waals surface area contributed by atoms with Crippen molar-refractivity contribution in [2.75, 3.05) is 14.2 Å². The number of aliphatic hydroxyl groups excluding tert-OH is 1. The van der Waals surface area contributed by atoms with Crippen molar-refractivity contribution in [1.29, 1.82) is 0 Å². The van der Waals surface area contributed by atoms with Crippen LogP contribution >= 0.6 is 22.6 Å². The number of aliphatic hydroxyl groups is 1. The third kappa shape index (κ3) is 6.27. The van der Waals surface area contributed by atoms with Crippen LogP contribution in [0.15, 0.2) is 20.1 Å². The van der Waals surface area contributed by atoms with Gasteiger partial charge in [-0.05, 0) is 34.6 Å². The van der Waals surface area contributed by atoms with E-state index in [-0.39, 0.29) is 17.0 Å². The van der Waals surface area contributed by atoms with Crippen LogP contribution in [-0.4, -0.2) is 63.7 Å². The molecule has 4 atom stereocenters. The molecule has 8 heteroatoms. The number of rotatable bonds is 7. The molecule has 28 heavy (non-hydrogen) atoms. The maximum absolute atomic E-state index is 11.3. The molecule has 0 aromatic heterocycles. The van der Waals surface area contributed by atoms with E-state index < -0.39 is 26.6 Å². The molecule has 0 aromatic rings. The molecule has 0 fully saturated rings. The quantitative estimate of drug-likeness (QED) is 0.391. The third-order valence-corrected chi connectivity index (χ3v) is 10.5. The molecule has 0 amide bonds. The van der Waals surface area contributed by atoms with Crippen LogP contribution in [0.5, 0.6) is 0 Å². The van der Waals surface area contributed by atoms with Crippen molar-refractivity contribution in [2.45, 2.75) is 83.5 Å². The van der Waals surface area contributed by atoms with Gasteiger partial charge in [-0.15, -0.1) is 0 Å². The van der Waals surface area contributed by atoms with Gasteiger partial charge in [0.05, 0.1) is 20.3 Å². The molecule has 0 saturated carbocycles. The fourth-order valence-corrected chi connectivity index (χ4v) is 4.38. The number of methoxy groups -OCH3 is 2. The average molecular weight is 525 g/mol. The Bertz CT molecular complexity index is 600. The van der Waals surface area contributed by atoms with Crippen molar-refractivity contribution >= 4 is 42.7 Å². The number of halogens is 1. The normalized spacial score (nSPS) is 23.4. The van der Waals surface area contributed by atoms with Crippen molar-refractivity contribution in [2.24, 2.45) is 15.9 Å². The molecule has 0 spiro atoms. The minimum atomic E-state index is -2.09. The lowest BCUT2D eigenvalue weighted by molar-refractivity contribution is 0.0214. The highest BCUT2D eigenvalue weighted by atomic mass is 127. The van der Waals surface area contributed by atoms with Gasteiger partial charge in [-0.2, -0.15) is 0 Å². The molecule has 1 aliphatic rings. The molecule has 1 N–H and O–H groups in total. The Morgan fingerprint density at radius 1 is 1.11 bits per heavy atom. The summed E-state index contributed by atoms with van der Waals surface area (Å²) in [5.74, 6) is 1.16. The van der Waals surface area contributed by atoms with E-state index in [9.17, 15) is 5.11 Å². The topological polar surface area (TPSA) is 72.6 Å². The molecule has 1 aliphatic heterocycles. The summed E-state index contributed by atoms with van der Waals surface area (Å²) in [6, 6.07) is -0.857. The zero-order valence-corrected chi connectivity index (χ0v) is 21.9. The number of aliphatic imine (C=N–C) groups is 2. The Kier molecular flexibility index (Phi) is 9.63. The second kappa shape index (κ2) is 10.5. The zero-order chi connectivity index (χ0) is 21.7. The maximum atomic E-state index is 11.3. The van der Waals surface area contributed by atoms with Crippen LogP contribution < -0.4 is 0 Å². The lowest BCUT2D eigenvalue weighted by Crippen LogP contribution is -2.52. The summed E-state index contributed by atoms with van der Waals surface area (Å²) in [6.07, 6.45) is 1.30. The first-order valence-electron chi connectivity index (χ1n) is 9.74. The summed E-state index contributed by atoms with van der Waals surface area (Å²) in [4.78, 5) is 9.35. The van der Waals surface area contributed by atoms with Crippen molar-refractivity contribution in [3.8, 4) is 0 Å². The second-order valence-corrected chi connectivity index (χ2v) is 14.5. The van der Waals surface area contributed by atoms with Gasteiger partial charge < -0.3 is 19.0 Å². The minimum Gasteiger partial charge on any atom is -0.483 e. The van der Waals surface area contributed by atoms with E-state index >= 15 is 0 Å². The minimum absolute atomic E-state index is 0.0352. The van der Waals surface area contributed by atoms with E-state index in [0.29, 0.717) is 18.2 Å². The summed E-state index contributed by atoms with van der Waals surface area (Å²) in [5.41, 5.74) is 0. The van der Waals surface area contributed by atoms with Crippen molar-refractivity contribution in [3.63, 3.8) is 0 Å². The summed E-state index contributed by atoms with van der Waals surface area (Å²) in [6.45, 7) is 15.1. The molecule has 0 radical (unpaired) electrons.